The molecule has 29 heavy (non-hydrogen) atoms. The third-order valence-corrected chi connectivity index (χ3v) is 9.11. The van der Waals surface area contributed by atoms with E-state index in [4.69, 9.17) is 0 Å². The van der Waals surface area contributed by atoms with Crippen molar-refractivity contribution in [3.63, 3.8) is 0 Å². The summed E-state index contributed by atoms with van der Waals surface area (Å²) in [6.07, 6.45) is 1.64. The summed E-state index contributed by atoms with van der Waals surface area (Å²) >= 11 is 0. The fraction of sp³-hybridized carbons (Fsp3) is 0.455. The van der Waals surface area contributed by atoms with E-state index in [1.807, 2.05) is 36.4 Å². The first kappa shape index (κ1) is 23.4. The first-order valence-corrected chi connectivity index (χ1v) is 12.9. The molecule has 0 unspecified atom stereocenters. The van der Waals surface area contributed by atoms with Crippen LogP contribution in [0.4, 0.5) is 5.69 Å². The fourth-order valence-corrected chi connectivity index (χ4v) is 4.28. The van der Waals surface area contributed by atoms with Crippen molar-refractivity contribution in [3.8, 4) is 0 Å². The molecule has 2 rings (SSSR count). The molecule has 0 aliphatic rings. The fourth-order valence-electron chi connectivity index (χ4n) is 2.54. The first-order chi connectivity index (χ1) is 13.3. The Morgan fingerprint density at radius 3 is 1.59 bits per heavy atom. The van der Waals surface area contributed by atoms with Gasteiger partial charge in [-0.1, -0.05) is 36.4 Å². The van der Waals surface area contributed by atoms with Crippen LogP contribution in [0.15, 0.2) is 48.5 Å². The Morgan fingerprint density at radius 2 is 1.17 bits per heavy atom. The van der Waals surface area contributed by atoms with Crippen LogP contribution in [0, 0.1) is 0 Å². The highest BCUT2D eigenvalue weighted by Gasteiger charge is 2.28. The second-order valence-corrected chi connectivity index (χ2v) is 13.6. The number of rotatable bonds is 8. The Morgan fingerprint density at radius 1 is 0.759 bits per heavy atom. The summed E-state index contributed by atoms with van der Waals surface area (Å²) in [6.45, 7) is 8.37. The topological polar surface area (TPSA) is 80.3 Å². The van der Waals surface area contributed by atoms with Crippen molar-refractivity contribution in [1.82, 2.24) is 0 Å². The van der Waals surface area contributed by atoms with E-state index in [1.165, 1.54) is 0 Å². The maximum absolute atomic E-state index is 12.2. The zero-order chi connectivity index (χ0) is 21.9. The number of benzene rings is 2. The van der Waals surface area contributed by atoms with Crippen molar-refractivity contribution in [1.29, 1.82) is 0 Å². The van der Waals surface area contributed by atoms with Gasteiger partial charge in [0.1, 0.15) is 0 Å². The molecule has 2 aromatic carbocycles. The highest BCUT2D eigenvalue weighted by Crippen LogP contribution is 2.20. The van der Waals surface area contributed by atoms with E-state index in [0.29, 0.717) is 5.69 Å². The SMILES string of the molecule is CC(C)S(=O)(=O)Cc1ccc(CCc2ccc(NS(=O)(=O)C(C)(C)C)cc2)cc1. The molecule has 0 saturated carbocycles. The van der Waals surface area contributed by atoms with Crippen molar-refractivity contribution in [2.45, 2.75) is 63.2 Å². The van der Waals surface area contributed by atoms with Crippen LogP contribution < -0.4 is 4.72 Å². The van der Waals surface area contributed by atoms with Crippen LogP contribution in [0.5, 0.6) is 0 Å². The van der Waals surface area contributed by atoms with E-state index in [2.05, 4.69) is 4.72 Å². The number of hydrogen-bond donors (Lipinski definition) is 1. The van der Waals surface area contributed by atoms with E-state index in [9.17, 15) is 16.8 Å². The number of sulfonamides is 1. The normalized spacial score (nSPS) is 12.9. The molecule has 0 amide bonds. The van der Waals surface area contributed by atoms with Gasteiger partial charge in [-0.2, -0.15) is 0 Å². The third kappa shape index (κ3) is 6.57. The highest BCUT2D eigenvalue weighted by molar-refractivity contribution is 7.94. The van der Waals surface area contributed by atoms with E-state index >= 15 is 0 Å². The summed E-state index contributed by atoms with van der Waals surface area (Å²) in [4.78, 5) is 0. The minimum atomic E-state index is -3.43. The molecule has 0 atom stereocenters. The molecule has 160 valence electrons. The predicted molar refractivity (Wildman–Crippen MR) is 120 cm³/mol. The van der Waals surface area contributed by atoms with Crippen molar-refractivity contribution in [2.24, 2.45) is 0 Å². The van der Waals surface area contributed by atoms with Crippen LogP contribution in [0.1, 0.15) is 51.3 Å². The van der Waals surface area contributed by atoms with E-state index < -0.39 is 24.6 Å². The molecule has 2 aromatic rings. The van der Waals surface area contributed by atoms with Gasteiger partial charge in [0.2, 0.25) is 10.0 Å². The Balaban J connectivity index is 1.95. The van der Waals surface area contributed by atoms with Gasteiger partial charge >= 0.3 is 0 Å². The van der Waals surface area contributed by atoms with Gasteiger partial charge in [0, 0.05) is 5.69 Å². The smallest absolute Gasteiger partial charge is 0.237 e. The molecule has 0 aliphatic heterocycles. The monoisotopic (exact) mass is 437 g/mol. The summed E-state index contributed by atoms with van der Waals surface area (Å²) in [5.74, 6) is 0.0664. The molecular formula is C22H31NO4S2. The van der Waals surface area contributed by atoms with Crippen LogP contribution in [0.2, 0.25) is 0 Å². The molecule has 1 N–H and O–H groups in total. The third-order valence-electron chi connectivity index (χ3n) is 4.82. The molecule has 0 aliphatic carbocycles. The van der Waals surface area contributed by atoms with Crippen molar-refractivity contribution >= 4 is 25.5 Å². The van der Waals surface area contributed by atoms with Crippen LogP contribution >= 0.6 is 0 Å². The Bertz CT molecular complexity index is 1020. The molecule has 0 fully saturated rings. The minimum Gasteiger partial charge on any atom is -0.283 e. The minimum absolute atomic E-state index is 0.0664. The van der Waals surface area contributed by atoms with Crippen LogP contribution in [-0.4, -0.2) is 26.8 Å². The zero-order valence-electron chi connectivity index (χ0n) is 17.8. The van der Waals surface area contributed by atoms with Gasteiger partial charge < -0.3 is 0 Å². The maximum Gasteiger partial charge on any atom is 0.237 e. The average Bonchev–Trinajstić information content (AvgIpc) is 2.61. The molecule has 0 spiro atoms. The molecule has 7 heteroatoms. The lowest BCUT2D eigenvalue weighted by Crippen LogP contribution is -2.33. The lowest BCUT2D eigenvalue weighted by molar-refractivity contribution is 0.566. The summed E-state index contributed by atoms with van der Waals surface area (Å²) in [5.41, 5.74) is 3.60. The zero-order valence-corrected chi connectivity index (χ0v) is 19.4. The van der Waals surface area contributed by atoms with Gasteiger partial charge in [-0.3, -0.25) is 4.72 Å². The van der Waals surface area contributed by atoms with Crippen LogP contribution in [-0.2, 0) is 38.5 Å². The van der Waals surface area contributed by atoms with Crippen LogP contribution in [0.25, 0.3) is 0 Å². The molecule has 0 heterocycles. The average molecular weight is 438 g/mol. The van der Waals surface area contributed by atoms with Gasteiger partial charge in [-0.25, -0.2) is 16.8 Å². The Labute approximate surface area is 175 Å². The summed E-state index contributed by atoms with van der Waals surface area (Å²) in [5, 5.41) is -0.377. The van der Waals surface area contributed by atoms with Gasteiger partial charge in [0.15, 0.2) is 9.84 Å². The summed E-state index contributed by atoms with van der Waals surface area (Å²) in [7, 11) is -6.53. The van der Waals surface area contributed by atoms with Gasteiger partial charge in [0.05, 0.1) is 15.7 Å². The van der Waals surface area contributed by atoms with Gasteiger partial charge in [-0.15, -0.1) is 0 Å². The molecule has 0 bridgehead atoms. The maximum atomic E-state index is 12.2. The molecular weight excluding hydrogens is 406 g/mol. The van der Waals surface area contributed by atoms with Crippen LogP contribution in [0.3, 0.4) is 0 Å². The predicted octanol–water partition coefficient (Wildman–Crippen LogP) is 4.34. The van der Waals surface area contributed by atoms with E-state index in [0.717, 1.165) is 29.5 Å². The quantitative estimate of drug-likeness (QED) is 0.666. The van der Waals surface area contributed by atoms with Crippen molar-refractivity contribution < 1.29 is 16.8 Å². The highest BCUT2D eigenvalue weighted by atomic mass is 32.2. The lowest BCUT2D eigenvalue weighted by Gasteiger charge is -2.20. The number of aryl methyl sites for hydroxylation is 2. The second kappa shape index (κ2) is 8.88. The number of nitrogens with one attached hydrogen (secondary N) is 1. The lowest BCUT2D eigenvalue weighted by atomic mass is 10.0. The van der Waals surface area contributed by atoms with E-state index in [1.54, 1.807) is 46.8 Å². The largest absolute Gasteiger partial charge is 0.283 e. The Hall–Kier alpha value is -1.86. The van der Waals surface area contributed by atoms with Gasteiger partial charge in [0.25, 0.3) is 0 Å². The summed E-state index contributed by atoms with van der Waals surface area (Å²) < 4.78 is 50.2. The van der Waals surface area contributed by atoms with Crippen molar-refractivity contribution in [2.75, 3.05) is 4.72 Å². The van der Waals surface area contributed by atoms with Gasteiger partial charge in [-0.05, 0) is 76.3 Å². The number of anilines is 1. The van der Waals surface area contributed by atoms with Crippen molar-refractivity contribution in [3.05, 3.63) is 65.2 Å². The Kier molecular flexibility index (Phi) is 7.17. The summed E-state index contributed by atoms with van der Waals surface area (Å²) in [6, 6.07) is 15.1. The number of sulfone groups is 1. The molecule has 0 saturated heterocycles. The first-order valence-electron chi connectivity index (χ1n) is 9.71. The van der Waals surface area contributed by atoms with E-state index in [-0.39, 0.29) is 11.0 Å². The molecule has 0 radical (unpaired) electrons. The number of hydrogen-bond acceptors (Lipinski definition) is 4. The molecule has 0 aromatic heterocycles. The standard InChI is InChI=1S/C22H31NO4S2/c1-17(2)28(24,25)16-20-10-8-18(9-11-20)6-7-19-12-14-21(15-13-19)23-29(26,27)22(3,4)5/h8-15,17,23H,6-7,16H2,1-5H3. The second-order valence-electron chi connectivity index (χ2n) is 8.59. The molecule has 5 nitrogen and oxygen atoms in total.